The molecule has 1 amide bonds. The fraction of sp³-hybridized carbons (Fsp3) is 0.909. The molecule has 1 aliphatic rings. The van der Waals surface area contributed by atoms with Crippen LogP contribution in [0.25, 0.3) is 0 Å². The first kappa shape index (κ1) is 12.5. The number of nitrogens with two attached hydrogens (primary N) is 1. The van der Waals surface area contributed by atoms with Gasteiger partial charge in [-0.25, -0.2) is 0 Å². The molecule has 1 saturated heterocycles. The molecule has 0 aliphatic carbocycles. The van der Waals surface area contributed by atoms with Gasteiger partial charge in [0.15, 0.2) is 0 Å². The molecule has 4 nitrogen and oxygen atoms in total. The van der Waals surface area contributed by atoms with Crippen LogP contribution in [0.2, 0.25) is 0 Å². The van der Waals surface area contributed by atoms with Crippen LogP contribution in [0, 0.1) is 5.41 Å². The topological polar surface area (TPSA) is 58.4 Å². The van der Waals surface area contributed by atoms with Gasteiger partial charge in [0.25, 0.3) is 0 Å². The smallest absolute Gasteiger partial charge is 0.234 e. The van der Waals surface area contributed by atoms with Crippen LogP contribution in [0.4, 0.5) is 0 Å². The number of rotatable bonds is 5. The maximum atomic E-state index is 11.1. The molecule has 0 saturated carbocycles. The number of carbonyl (C=O) groups excluding carboxylic acids is 1. The molecule has 0 aromatic rings. The Hall–Kier alpha value is -0.610. The van der Waals surface area contributed by atoms with Crippen molar-refractivity contribution in [2.24, 2.45) is 11.1 Å². The summed E-state index contributed by atoms with van der Waals surface area (Å²) in [4.78, 5) is 13.3. The van der Waals surface area contributed by atoms with Gasteiger partial charge in [0.1, 0.15) is 0 Å². The summed E-state index contributed by atoms with van der Waals surface area (Å²) < 4.78 is 0. The minimum Gasteiger partial charge on any atom is -0.354 e. The highest BCUT2D eigenvalue weighted by molar-refractivity contribution is 5.78. The van der Waals surface area contributed by atoms with E-state index in [-0.39, 0.29) is 11.3 Å². The molecule has 15 heavy (non-hydrogen) atoms. The molecule has 0 spiro atoms. The molecule has 1 rings (SSSR count). The van der Waals surface area contributed by atoms with Gasteiger partial charge in [-0.15, -0.1) is 0 Å². The van der Waals surface area contributed by atoms with E-state index in [4.69, 9.17) is 5.73 Å². The summed E-state index contributed by atoms with van der Waals surface area (Å²) in [6, 6.07) is 0. The number of nitrogens with zero attached hydrogens (tertiary/aromatic N) is 1. The number of amides is 1. The molecule has 0 aromatic carbocycles. The second-order valence-electron chi connectivity index (χ2n) is 5.10. The van der Waals surface area contributed by atoms with Crippen LogP contribution in [-0.4, -0.2) is 43.5 Å². The Morgan fingerprint density at radius 1 is 1.53 bits per heavy atom. The van der Waals surface area contributed by atoms with Crippen molar-refractivity contribution in [1.29, 1.82) is 0 Å². The molecular weight excluding hydrogens is 190 g/mol. The van der Waals surface area contributed by atoms with Gasteiger partial charge >= 0.3 is 0 Å². The average Bonchev–Trinajstić information content (AvgIpc) is 2.18. The summed E-state index contributed by atoms with van der Waals surface area (Å²) in [6.45, 7) is 8.45. The van der Waals surface area contributed by atoms with E-state index in [9.17, 15) is 4.79 Å². The van der Waals surface area contributed by atoms with Crippen LogP contribution in [0.3, 0.4) is 0 Å². The zero-order chi connectivity index (χ0) is 11.3. The summed E-state index contributed by atoms with van der Waals surface area (Å²) in [5, 5.41) is 2.83. The fourth-order valence-electron chi connectivity index (χ4n) is 1.77. The maximum absolute atomic E-state index is 11.1. The highest BCUT2D eigenvalue weighted by Crippen LogP contribution is 2.20. The average molecular weight is 213 g/mol. The quantitative estimate of drug-likeness (QED) is 0.685. The van der Waals surface area contributed by atoms with E-state index in [1.165, 1.54) is 0 Å². The van der Waals surface area contributed by atoms with Crippen molar-refractivity contribution < 1.29 is 4.79 Å². The Morgan fingerprint density at radius 3 is 2.87 bits per heavy atom. The first-order valence-corrected chi connectivity index (χ1v) is 5.73. The molecule has 0 radical (unpaired) electrons. The third kappa shape index (κ3) is 4.62. The van der Waals surface area contributed by atoms with Gasteiger partial charge in [-0.1, -0.05) is 13.8 Å². The zero-order valence-corrected chi connectivity index (χ0v) is 9.88. The minimum absolute atomic E-state index is 0.152. The lowest BCUT2D eigenvalue weighted by Crippen LogP contribution is -2.47. The number of piperazine rings is 1. The molecule has 1 aliphatic heterocycles. The van der Waals surface area contributed by atoms with E-state index in [1.54, 1.807) is 0 Å². The number of hydrogen-bond donors (Lipinski definition) is 2. The van der Waals surface area contributed by atoms with E-state index < -0.39 is 0 Å². The standard InChI is InChI=1S/C11H23N3O/c1-11(2,9-12)4-3-6-14-7-5-13-10(15)8-14/h3-9,12H2,1-2H3,(H,13,15). The lowest BCUT2D eigenvalue weighted by atomic mass is 9.88. The summed E-state index contributed by atoms with van der Waals surface area (Å²) in [5.74, 6) is 0.152. The summed E-state index contributed by atoms with van der Waals surface area (Å²) in [5.41, 5.74) is 5.90. The normalized spacial score (nSPS) is 19.0. The summed E-state index contributed by atoms with van der Waals surface area (Å²) in [7, 11) is 0. The van der Waals surface area contributed by atoms with Gasteiger partial charge in [0.2, 0.25) is 5.91 Å². The Bertz CT molecular complexity index is 216. The summed E-state index contributed by atoms with van der Waals surface area (Å²) in [6.07, 6.45) is 2.25. The van der Waals surface area contributed by atoms with Crippen LogP contribution < -0.4 is 11.1 Å². The van der Waals surface area contributed by atoms with Gasteiger partial charge in [0, 0.05) is 13.1 Å². The van der Waals surface area contributed by atoms with Crippen LogP contribution in [0.5, 0.6) is 0 Å². The Labute approximate surface area is 92.2 Å². The summed E-state index contributed by atoms with van der Waals surface area (Å²) >= 11 is 0. The van der Waals surface area contributed by atoms with Crippen molar-refractivity contribution >= 4 is 5.91 Å². The lowest BCUT2D eigenvalue weighted by Gasteiger charge is -2.28. The maximum Gasteiger partial charge on any atom is 0.234 e. The van der Waals surface area contributed by atoms with E-state index in [1.807, 2.05) is 0 Å². The molecule has 88 valence electrons. The Kier molecular flexibility index (Phi) is 4.54. The van der Waals surface area contributed by atoms with Gasteiger partial charge in [-0.3, -0.25) is 9.69 Å². The third-order valence-electron chi connectivity index (χ3n) is 3.00. The molecular formula is C11H23N3O. The van der Waals surface area contributed by atoms with Crippen LogP contribution in [0.15, 0.2) is 0 Å². The van der Waals surface area contributed by atoms with E-state index >= 15 is 0 Å². The molecule has 0 aromatic heterocycles. The minimum atomic E-state index is 0.152. The second kappa shape index (κ2) is 5.47. The molecule has 0 bridgehead atoms. The van der Waals surface area contributed by atoms with Gasteiger partial charge in [-0.2, -0.15) is 0 Å². The molecule has 3 N–H and O–H groups in total. The number of nitrogens with one attached hydrogen (secondary N) is 1. The highest BCUT2D eigenvalue weighted by atomic mass is 16.2. The van der Waals surface area contributed by atoms with E-state index in [2.05, 4.69) is 24.1 Å². The Morgan fingerprint density at radius 2 is 2.27 bits per heavy atom. The van der Waals surface area contributed by atoms with E-state index in [0.29, 0.717) is 6.54 Å². The van der Waals surface area contributed by atoms with Crippen molar-refractivity contribution in [1.82, 2.24) is 10.2 Å². The van der Waals surface area contributed by atoms with Gasteiger partial charge in [0.05, 0.1) is 6.54 Å². The van der Waals surface area contributed by atoms with Crippen LogP contribution >= 0.6 is 0 Å². The molecule has 1 heterocycles. The van der Waals surface area contributed by atoms with Crippen LogP contribution in [0.1, 0.15) is 26.7 Å². The zero-order valence-electron chi connectivity index (χ0n) is 9.88. The predicted molar refractivity (Wildman–Crippen MR) is 61.5 cm³/mol. The molecule has 4 heteroatoms. The lowest BCUT2D eigenvalue weighted by molar-refractivity contribution is -0.124. The fourth-order valence-corrected chi connectivity index (χ4v) is 1.77. The van der Waals surface area contributed by atoms with Crippen molar-refractivity contribution in [3.63, 3.8) is 0 Å². The van der Waals surface area contributed by atoms with Crippen molar-refractivity contribution in [3.05, 3.63) is 0 Å². The monoisotopic (exact) mass is 213 g/mol. The predicted octanol–water partition coefficient (Wildman–Crippen LogP) is 0.183. The molecule has 1 fully saturated rings. The number of hydrogen-bond acceptors (Lipinski definition) is 3. The van der Waals surface area contributed by atoms with Gasteiger partial charge in [-0.05, 0) is 31.3 Å². The second-order valence-corrected chi connectivity index (χ2v) is 5.10. The molecule has 0 atom stereocenters. The largest absolute Gasteiger partial charge is 0.354 e. The number of carbonyl (C=O) groups is 1. The van der Waals surface area contributed by atoms with E-state index in [0.717, 1.165) is 39.0 Å². The first-order valence-electron chi connectivity index (χ1n) is 5.73. The highest BCUT2D eigenvalue weighted by Gasteiger charge is 2.18. The Balaban J connectivity index is 2.17. The van der Waals surface area contributed by atoms with Crippen molar-refractivity contribution in [2.45, 2.75) is 26.7 Å². The first-order chi connectivity index (χ1) is 7.03. The van der Waals surface area contributed by atoms with Crippen LogP contribution in [-0.2, 0) is 4.79 Å². The third-order valence-corrected chi connectivity index (χ3v) is 3.00. The van der Waals surface area contributed by atoms with Gasteiger partial charge < -0.3 is 11.1 Å². The molecule has 0 unspecified atom stereocenters. The van der Waals surface area contributed by atoms with Crippen molar-refractivity contribution in [2.75, 3.05) is 32.7 Å². The SMILES string of the molecule is CC(C)(CN)CCCN1CCNC(=O)C1. The van der Waals surface area contributed by atoms with Crippen molar-refractivity contribution in [3.8, 4) is 0 Å².